The molecule has 0 saturated carbocycles. The first-order chi connectivity index (χ1) is 11.6. The molecule has 0 bridgehead atoms. The van der Waals surface area contributed by atoms with Crippen molar-refractivity contribution in [3.8, 4) is 0 Å². The lowest BCUT2D eigenvalue weighted by Gasteiger charge is -2.33. The van der Waals surface area contributed by atoms with E-state index in [1.807, 2.05) is 28.5 Å². The minimum absolute atomic E-state index is 0.0853. The lowest BCUT2D eigenvalue weighted by molar-refractivity contribution is -0.134. The Morgan fingerprint density at radius 2 is 2.29 bits per heavy atom. The predicted octanol–water partition coefficient (Wildman–Crippen LogP) is 3.74. The summed E-state index contributed by atoms with van der Waals surface area (Å²) in [5.74, 6) is 0.0383. The van der Waals surface area contributed by atoms with Gasteiger partial charge < -0.3 is 4.90 Å². The first kappa shape index (κ1) is 17.6. The number of amides is 2. The smallest absolute Gasteiger partial charge is 0.266 e. The van der Waals surface area contributed by atoms with Crippen molar-refractivity contribution in [1.82, 2.24) is 9.80 Å². The van der Waals surface area contributed by atoms with E-state index in [4.69, 9.17) is 12.2 Å². The SMILES string of the molecule is CC1CCCCN1C(=O)CCN1C(=O)C(=Cc2cccs2)SC1=S. The van der Waals surface area contributed by atoms with Crippen LogP contribution in [0.4, 0.5) is 0 Å². The van der Waals surface area contributed by atoms with Gasteiger partial charge in [-0.15, -0.1) is 11.3 Å². The van der Waals surface area contributed by atoms with E-state index >= 15 is 0 Å². The molecule has 0 spiro atoms. The molecular weight excluding hydrogens is 360 g/mol. The largest absolute Gasteiger partial charge is 0.340 e. The number of piperidine rings is 1. The Morgan fingerprint density at radius 1 is 1.46 bits per heavy atom. The van der Waals surface area contributed by atoms with Crippen LogP contribution in [-0.4, -0.2) is 45.1 Å². The monoisotopic (exact) mass is 380 g/mol. The molecule has 1 aromatic heterocycles. The topological polar surface area (TPSA) is 40.6 Å². The number of thiocarbonyl (C=S) groups is 1. The van der Waals surface area contributed by atoms with E-state index in [0.717, 1.165) is 24.3 Å². The lowest BCUT2D eigenvalue weighted by atomic mass is 10.0. The zero-order chi connectivity index (χ0) is 17.1. The van der Waals surface area contributed by atoms with Crippen LogP contribution in [0.5, 0.6) is 0 Å². The van der Waals surface area contributed by atoms with Crippen molar-refractivity contribution in [1.29, 1.82) is 0 Å². The standard InChI is InChI=1S/C17H20N2O2S3/c1-12-5-2-3-8-18(12)15(20)7-9-19-16(21)14(24-17(19)22)11-13-6-4-10-23-13/h4,6,10-12H,2-3,5,7-9H2,1H3. The molecule has 1 aromatic rings. The van der Waals surface area contributed by atoms with E-state index in [-0.39, 0.29) is 11.8 Å². The molecule has 0 N–H and O–H groups in total. The lowest BCUT2D eigenvalue weighted by Crippen LogP contribution is -2.43. The molecular formula is C17H20N2O2S3. The minimum Gasteiger partial charge on any atom is -0.340 e. The van der Waals surface area contributed by atoms with Crippen LogP contribution in [-0.2, 0) is 9.59 Å². The zero-order valence-electron chi connectivity index (χ0n) is 13.6. The van der Waals surface area contributed by atoms with Crippen LogP contribution in [0.2, 0.25) is 0 Å². The summed E-state index contributed by atoms with van der Waals surface area (Å²) in [7, 11) is 0. The number of hydrogen-bond donors (Lipinski definition) is 0. The maximum Gasteiger partial charge on any atom is 0.266 e. The number of carbonyl (C=O) groups is 2. The molecule has 0 aromatic carbocycles. The molecule has 128 valence electrons. The second-order valence-corrected chi connectivity index (χ2v) is 8.69. The van der Waals surface area contributed by atoms with Gasteiger partial charge in [-0.05, 0) is 43.7 Å². The fourth-order valence-corrected chi connectivity index (χ4v) is 5.05. The molecule has 7 heteroatoms. The summed E-state index contributed by atoms with van der Waals surface area (Å²) in [6.07, 6.45) is 5.53. The summed E-state index contributed by atoms with van der Waals surface area (Å²) >= 11 is 8.23. The summed E-state index contributed by atoms with van der Waals surface area (Å²) in [6.45, 7) is 3.30. The summed E-state index contributed by atoms with van der Waals surface area (Å²) < 4.78 is 0.544. The number of rotatable bonds is 4. The van der Waals surface area contributed by atoms with Gasteiger partial charge in [0.1, 0.15) is 4.32 Å². The van der Waals surface area contributed by atoms with E-state index in [0.29, 0.717) is 28.2 Å². The minimum atomic E-state index is -0.0853. The van der Waals surface area contributed by atoms with Crippen LogP contribution in [0.15, 0.2) is 22.4 Å². The number of thiophene rings is 1. The van der Waals surface area contributed by atoms with Gasteiger partial charge in [-0.1, -0.05) is 30.0 Å². The molecule has 4 nitrogen and oxygen atoms in total. The van der Waals surface area contributed by atoms with Crippen LogP contribution in [0.1, 0.15) is 37.5 Å². The van der Waals surface area contributed by atoms with Gasteiger partial charge in [0.15, 0.2) is 0 Å². The Labute approximate surface area is 155 Å². The summed E-state index contributed by atoms with van der Waals surface area (Å²) in [5.41, 5.74) is 0. The summed E-state index contributed by atoms with van der Waals surface area (Å²) in [5, 5.41) is 1.98. The molecule has 3 rings (SSSR count). The predicted molar refractivity (Wildman–Crippen MR) is 104 cm³/mol. The van der Waals surface area contributed by atoms with Gasteiger partial charge in [0.25, 0.3) is 5.91 Å². The molecule has 2 aliphatic heterocycles. The Morgan fingerprint density at radius 3 is 3.00 bits per heavy atom. The molecule has 2 saturated heterocycles. The van der Waals surface area contributed by atoms with Crippen LogP contribution < -0.4 is 0 Å². The summed E-state index contributed by atoms with van der Waals surface area (Å²) in [4.78, 5) is 30.2. The third kappa shape index (κ3) is 3.90. The molecule has 0 aliphatic carbocycles. The molecule has 0 radical (unpaired) electrons. The Bertz CT molecular complexity index is 669. The van der Waals surface area contributed by atoms with Crippen LogP contribution in [0.3, 0.4) is 0 Å². The average Bonchev–Trinajstić information content (AvgIpc) is 3.15. The van der Waals surface area contributed by atoms with E-state index in [1.165, 1.54) is 18.2 Å². The van der Waals surface area contributed by atoms with Crippen molar-refractivity contribution >= 4 is 57.5 Å². The van der Waals surface area contributed by atoms with Crippen LogP contribution in [0.25, 0.3) is 6.08 Å². The van der Waals surface area contributed by atoms with Gasteiger partial charge in [0.05, 0.1) is 4.91 Å². The number of thioether (sulfide) groups is 1. The van der Waals surface area contributed by atoms with Gasteiger partial charge in [-0.2, -0.15) is 0 Å². The molecule has 3 heterocycles. The Hall–Kier alpha value is -1.18. The quantitative estimate of drug-likeness (QED) is 0.589. The molecule has 2 aliphatic rings. The molecule has 24 heavy (non-hydrogen) atoms. The van der Waals surface area contributed by atoms with Crippen molar-refractivity contribution in [3.63, 3.8) is 0 Å². The van der Waals surface area contributed by atoms with Crippen LogP contribution in [0, 0.1) is 0 Å². The van der Waals surface area contributed by atoms with E-state index < -0.39 is 0 Å². The van der Waals surface area contributed by atoms with Gasteiger partial charge in [-0.3, -0.25) is 14.5 Å². The second kappa shape index (κ2) is 7.80. The normalized spacial score (nSPS) is 23.4. The molecule has 2 amide bonds. The fourth-order valence-electron chi connectivity index (χ4n) is 3.02. The highest BCUT2D eigenvalue weighted by Crippen LogP contribution is 2.33. The Balaban J connectivity index is 1.60. The third-order valence-corrected chi connectivity index (χ3v) is 6.56. The maximum absolute atomic E-state index is 12.5. The van der Waals surface area contributed by atoms with Crippen molar-refractivity contribution in [3.05, 3.63) is 27.3 Å². The first-order valence-corrected chi connectivity index (χ1v) is 10.2. The van der Waals surface area contributed by atoms with E-state index in [2.05, 4.69) is 6.92 Å². The van der Waals surface area contributed by atoms with Gasteiger partial charge in [0, 0.05) is 30.4 Å². The molecule has 1 unspecified atom stereocenters. The molecule has 2 fully saturated rings. The van der Waals surface area contributed by atoms with Crippen molar-refractivity contribution in [2.45, 2.75) is 38.6 Å². The highest BCUT2D eigenvalue weighted by atomic mass is 32.2. The Kier molecular flexibility index (Phi) is 5.73. The van der Waals surface area contributed by atoms with Gasteiger partial charge >= 0.3 is 0 Å². The number of likely N-dealkylation sites (tertiary alicyclic amines) is 1. The maximum atomic E-state index is 12.5. The number of nitrogens with zero attached hydrogens (tertiary/aromatic N) is 2. The van der Waals surface area contributed by atoms with Gasteiger partial charge in [0.2, 0.25) is 5.91 Å². The van der Waals surface area contributed by atoms with Crippen molar-refractivity contribution in [2.75, 3.05) is 13.1 Å². The van der Waals surface area contributed by atoms with Crippen LogP contribution >= 0.6 is 35.3 Å². The van der Waals surface area contributed by atoms with E-state index in [1.54, 1.807) is 16.2 Å². The number of carbonyl (C=O) groups excluding carboxylic acids is 2. The first-order valence-electron chi connectivity index (χ1n) is 8.14. The third-order valence-electron chi connectivity index (χ3n) is 4.36. The average molecular weight is 381 g/mol. The van der Waals surface area contributed by atoms with E-state index in [9.17, 15) is 9.59 Å². The van der Waals surface area contributed by atoms with Crippen molar-refractivity contribution < 1.29 is 9.59 Å². The fraction of sp³-hybridized carbons (Fsp3) is 0.471. The second-order valence-electron chi connectivity index (χ2n) is 6.03. The highest BCUT2D eigenvalue weighted by Gasteiger charge is 2.33. The van der Waals surface area contributed by atoms with Crippen molar-refractivity contribution in [2.24, 2.45) is 0 Å². The van der Waals surface area contributed by atoms with Gasteiger partial charge in [-0.25, -0.2) is 0 Å². The molecule has 1 atom stereocenters. The summed E-state index contributed by atoms with van der Waals surface area (Å²) in [6, 6.07) is 4.23. The highest BCUT2D eigenvalue weighted by molar-refractivity contribution is 8.26. The number of hydrogen-bond acceptors (Lipinski definition) is 5. The zero-order valence-corrected chi connectivity index (χ0v) is 16.0.